The lowest BCUT2D eigenvalue weighted by Gasteiger charge is -2.42. The van der Waals surface area contributed by atoms with Gasteiger partial charge in [-0.15, -0.1) is 0 Å². The predicted molar refractivity (Wildman–Crippen MR) is 98.6 cm³/mol. The summed E-state index contributed by atoms with van der Waals surface area (Å²) in [4.78, 5) is 21.9. The zero-order valence-corrected chi connectivity index (χ0v) is 15.7. The minimum absolute atomic E-state index is 0.335. The quantitative estimate of drug-likeness (QED) is 0.366. The van der Waals surface area contributed by atoms with Crippen molar-refractivity contribution >= 4 is 11.9 Å². The average Bonchev–Trinajstić information content (AvgIpc) is 3.31. The van der Waals surface area contributed by atoms with Gasteiger partial charge in [0.15, 0.2) is 0 Å². The molecule has 4 nitrogen and oxygen atoms in total. The summed E-state index contributed by atoms with van der Waals surface area (Å²) in [5, 5.41) is 18.0. The molecule has 0 aromatic rings. The van der Waals surface area contributed by atoms with E-state index in [0.717, 1.165) is 32.1 Å². The molecule has 0 spiro atoms. The summed E-state index contributed by atoms with van der Waals surface area (Å²) in [5.41, 5.74) is 0.0272. The molecule has 25 heavy (non-hydrogen) atoms. The molecular formula is C21H36O4. The van der Waals surface area contributed by atoms with Gasteiger partial charge in [-0.3, -0.25) is 9.59 Å². The summed E-state index contributed by atoms with van der Waals surface area (Å²) in [6, 6.07) is 0. The number of carbonyl (C=O) groups is 2. The highest BCUT2D eigenvalue weighted by Gasteiger charge is 2.49. The molecule has 2 saturated carbocycles. The van der Waals surface area contributed by atoms with Gasteiger partial charge in [-0.25, -0.2) is 0 Å². The maximum atomic E-state index is 11.1. The van der Waals surface area contributed by atoms with Crippen LogP contribution < -0.4 is 0 Å². The first-order valence-electron chi connectivity index (χ1n) is 10.4. The van der Waals surface area contributed by atoms with Gasteiger partial charge in [0.1, 0.15) is 0 Å². The fraction of sp³-hybridized carbons (Fsp3) is 0.905. The number of rotatable bonds is 15. The second-order valence-electron chi connectivity index (χ2n) is 8.66. The van der Waals surface area contributed by atoms with Crippen molar-refractivity contribution in [2.24, 2.45) is 10.8 Å². The highest BCUT2D eigenvalue weighted by Crippen LogP contribution is 2.50. The Bertz CT molecular complexity index is 435. The molecule has 4 heteroatoms. The van der Waals surface area contributed by atoms with Crippen molar-refractivity contribution in [1.29, 1.82) is 0 Å². The normalized spacial score (nSPS) is 20.0. The molecule has 0 amide bonds. The lowest BCUT2D eigenvalue weighted by Crippen LogP contribution is -2.30. The van der Waals surface area contributed by atoms with Crippen LogP contribution in [0, 0.1) is 10.8 Å². The van der Waals surface area contributed by atoms with Gasteiger partial charge in [-0.05, 0) is 50.4 Å². The SMILES string of the molecule is O=C(O)CCC1(CCCCCCCCCCC2(C(=O)O)CC2)CCC1. The van der Waals surface area contributed by atoms with Crippen molar-refractivity contribution in [3.63, 3.8) is 0 Å². The van der Waals surface area contributed by atoms with Crippen molar-refractivity contribution in [3.05, 3.63) is 0 Å². The average molecular weight is 353 g/mol. The summed E-state index contributed by atoms with van der Waals surface area (Å²) in [6.07, 6.45) is 18.7. The van der Waals surface area contributed by atoms with E-state index in [0.29, 0.717) is 11.8 Å². The first-order valence-corrected chi connectivity index (χ1v) is 10.4. The van der Waals surface area contributed by atoms with Crippen molar-refractivity contribution in [1.82, 2.24) is 0 Å². The maximum absolute atomic E-state index is 11.1. The van der Waals surface area contributed by atoms with Gasteiger partial charge in [0.2, 0.25) is 0 Å². The highest BCUT2D eigenvalue weighted by atomic mass is 16.4. The third kappa shape index (κ3) is 6.63. The highest BCUT2D eigenvalue weighted by molar-refractivity contribution is 5.77. The minimum atomic E-state index is -0.651. The molecule has 2 aliphatic rings. The van der Waals surface area contributed by atoms with Crippen molar-refractivity contribution in [2.45, 2.75) is 109 Å². The lowest BCUT2D eigenvalue weighted by molar-refractivity contribution is -0.143. The molecule has 0 aliphatic heterocycles. The lowest BCUT2D eigenvalue weighted by atomic mass is 9.63. The van der Waals surface area contributed by atoms with E-state index < -0.39 is 11.9 Å². The first-order chi connectivity index (χ1) is 12.0. The summed E-state index contributed by atoms with van der Waals surface area (Å²) < 4.78 is 0. The van der Waals surface area contributed by atoms with Gasteiger partial charge in [0.05, 0.1) is 5.41 Å². The summed E-state index contributed by atoms with van der Waals surface area (Å²) in [7, 11) is 0. The standard InChI is InChI=1S/C21H36O4/c22-18(23)10-15-20(12-9-13-20)11-7-5-3-1-2-4-6-8-14-21(16-17-21)19(24)25/h1-17H2,(H,22,23)(H,24,25). The largest absolute Gasteiger partial charge is 0.481 e. The van der Waals surface area contributed by atoms with Crippen LogP contribution in [0.25, 0.3) is 0 Å². The van der Waals surface area contributed by atoms with Crippen LogP contribution in [0.4, 0.5) is 0 Å². The molecule has 0 saturated heterocycles. The Labute approximate surface area is 152 Å². The van der Waals surface area contributed by atoms with Crippen LogP contribution in [-0.4, -0.2) is 22.2 Å². The van der Waals surface area contributed by atoms with Gasteiger partial charge in [0.25, 0.3) is 0 Å². The molecule has 0 bridgehead atoms. The van der Waals surface area contributed by atoms with Crippen LogP contribution in [-0.2, 0) is 9.59 Å². The molecule has 2 aliphatic carbocycles. The molecule has 2 N–H and O–H groups in total. The van der Waals surface area contributed by atoms with E-state index in [1.54, 1.807) is 0 Å². The van der Waals surface area contributed by atoms with Gasteiger partial charge < -0.3 is 10.2 Å². The number of hydrogen-bond acceptors (Lipinski definition) is 2. The van der Waals surface area contributed by atoms with E-state index in [4.69, 9.17) is 10.2 Å². The zero-order valence-electron chi connectivity index (χ0n) is 15.7. The molecule has 2 fully saturated rings. The zero-order chi connectivity index (χ0) is 18.2. The topological polar surface area (TPSA) is 74.6 Å². The van der Waals surface area contributed by atoms with E-state index in [2.05, 4.69) is 0 Å². The molecule has 144 valence electrons. The van der Waals surface area contributed by atoms with Crippen LogP contribution in [0.1, 0.15) is 109 Å². The summed E-state index contributed by atoms with van der Waals surface area (Å²) >= 11 is 0. The fourth-order valence-electron chi connectivity index (χ4n) is 4.42. The van der Waals surface area contributed by atoms with Crippen LogP contribution >= 0.6 is 0 Å². The second kappa shape index (κ2) is 9.59. The molecule has 0 heterocycles. The van der Waals surface area contributed by atoms with Crippen LogP contribution in [0.5, 0.6) is 0 Å². The van der Waals surface area contributed by atoms with Crippen molar-refractivity contribution in [2.75, 3.05) is 0 Å². The van der Waals surface area contributed by atoms with Crippen LogP contribution in [0.15, 0.2) is 0 Å². The predicted octanol–water partition coefficient (Wildman–Crippen LogP) is 5.79. The van der Waals surface area contributed by atoms with Crippen molar-refractivity contribution < 1.29 is 19.8 Å². The number of carboxylic acid groups (broad SMARTS) is 2. The molecule has 0 radical (unpaired) electrons. The first kappa shape index (κ1) is 20.3. The summed E-state index contributed by atoms with van der Waals surface area (Å²) in [5.74, 6) is -1.23. The molecule has 0 aromatic carbocycles. The molecule has 0 atom stereocenters. The Morgan fingerprint density at radius 2 is 1.20 bits per heavy atom. The Balaban J connectivity index is 1.39. The Morgan fingerprint density at radius 3 is 1.60 bits per heavy atom. The van der Waals surface area contributed by atoms with Gasteiger partial charge in [0, 0.05) is 6.42 Å². The van der Waals surface area contributed by atoms with E-state index in [1.165, 1.54) is 70.6 Å². The van der Waals surface area contributed by atoms with Gasteiger partial charge >= 0.3 is 11.9 Å². The van der Waals surface area contributed by atoms with E-state index in [-0.39, 0.29) is 5.41 Å². The molecule has 2 rings (SSSR count). The van der Waals surface area contributed by atoms with E-state index in [9.17, 15) is 9.59 Å². The molecule has 0 aromatic heterocycles. The smallest absolute Gasteiger partial charge is 0.309 e. The second-order valence-corrected chi connectivity index (χ2v) is 8.66. The number of hydrogen-bond donors (Lipinski definition) is 2. The van der Waals surface area contributed by atoms with Crippen LogP contribution in [0.3, 0.4) is 0 Å². The fourth-order valence-corrected chi connectivity index (χ4v) is 4.42. The molecule has 0 unspecified atom stereocenters. The maximum Gasteiger partial charge on any atom is 0.309 e. The third-order valence-corrected chi connectivity index (χ3v) is 6.70. The van der Waals surface area contributed by atoms with E-state index >= 15 is 0 Å². The Morgan fingerprint density at radius 1 is 0.680 bits per heavy atom. The van der Waals surface area contributed by atoms with E-state index in [1.807, 2.05) is 0 Å². The van der Waals surface area contributed by atoms with Gasteiger partial charge in [-0.2, -0.15) is 0 Å². The number of carboxylic acids is 2. The van der Waals surface area contributed by atoms with Gasteiger partial charge in [-0.1, -0.05) is 57.8 Å². The third-order valence-electron chi connectivity index (χ3n) is 6.70. The van der Waals surface area contributed by atoms with Crippen LogP contribution in [0.2, 0.25) is 0 Å². The monoisotopic (exact) mass is 352 g/mol. The Kier molecular flexibility index (Phi) is 7.77. The Hall–Kier alpha value is -1.06. The molecular weight excluding hydrogens is 316 g/mol. The van der Waals surface area contributed by atoms with Crippen molar-refractivity contribution in [3.8, 4) is 0 Å². The summed E-state index contributed by atoms with van der Waals surface area (Å²) in [6.45, 7) is 0. The number of aliphatic carboxylic acids is 2. The number of unbranched alkanes of at least 4 members (excludes halogenated alkanes) is 7. The minimum Gasteiger partial charge on any atom is -0.481 e.